The molecule has 4 rings (SSSR count). The molecule has 1 aliphatic heterocycles. The first kappa shape index (κ1) is 20.8. The Kier molecular flexibility index (Phi) is 6.30. The fraction of sp³-hybridized carbons (Fsp3) is 0.440. The summed E-state index contributed by atoms with van der Waals surface area (Å²) in [6.45, 7) is 10.0. The van der Waals surface area contributed by atoms with Gasteiger partial charge in [0, 0.05) is 31.7 Å². The van der Waals surface area contributed by atoms with E-state index in [1.165, 1.54) is 16.7 Å². The third-order valence-corrected chi connectivity index (χ3v) is 5.97. The van der Waals surface area contributed by atoms with Crippen LogP contribution in [0.3, 0.4) is 0 Å². The molecule has 2 aromatic heterocycles. The minimum Gasteiger partial charge on any atom is -0.393 e. The molecule has 5 heteroatoms. The van der Waals surface area contributed by atoms with E-state index in [4.69, 9.17) is 9.97 Å². The number of aryl methyl sites for hydroxylation is 3. The monoisotopic (exact) mass is 404 g/mol. The SMILES string of the molecule is CCc1nc2c(C)cc(C)nc2n1Cc1ccc(/C=C/CN2CCC(O)CC2)cc1. The lowest BCUT2D eigenvalue weighted by Gasteiger charge is -2.28. The number of nitrogens with zero attached hydrogens (tertiary/aromatic N) is 4. The Morgan fingerprint density at radius 3 is 2.53 bits per heavy atom. The zero-order valence-electron chi connectivity index (χ0n) is 18.3. The zero-order chi connectivity index (χ0) is 21.1. The standard InChI is InChI=1S/C25H32N4O/c1-4-23-27-24-18(2)16-19(3)26-25(24)29(23)17-21-9-7-20(8-10-21)6-5-13-28-14-11-22(30)12-15-28/h5-10,16,22,30H,4,11-15,17H2,1-3H3/b6-5+. The highest BCUT2D eigenvalue weighted by molar-refractivity contribution is 5.76. The van der Waals surface area contributed by atoms with Crippen molar-refractivity contribution in [3.8, 4) is 0 Å². The number of benzene rings is 1. The molecule has 30 heavy (non-hydrogen) atoms. The minimum absolute atomic E-state index is 0.110. The van der Waals surface area contributed by atoms with Gasteiger partial charge in [-0.2, -0.15) is 0 Å². The van der Waals surface area contributed by atoms with Gasteiger partial charge in [0.25, 0.3) is 0 Å². The quantitative estimate of drug-likeness (QED) is 0.671. The van der Waals surface area contributed by atoms with Crippen LogP contribution in [0.4, 0.5) is 0 Å². The average molecular weight is 405 g/mol. The van der Waals surface area contributed by atoms with Crippen molar-refractivity contribution in [3.05, 3.63) is 64.6 Å². The lowest BCUT2D eigenvalue weighted by molar-refractivity contribution is 0.0881. The van der Waals surface area contributed by atoms with Crippen molar-refractivity contribution in [1.82, 2.24) is 19.4 Å². The maximum Gasteiger partial charge on any atom is 0.160 e. The Morgan fingerprint density at radius 1 is 1.10 bits per heavy atom. The van der Waals surface area contributed by atoms with E-state index >= 15 is 0 Å². The highest BCUT2D eigenvalue weighted by atomic mass is 16.3. The lowest BCUT2D eigenvalue weighted by atomic mass is 10.1. The van der Waals surface area contributed by atoms with Crippen LogP contribution in [0.25, 0.3) is 17.2 Å². The van der Waals surface area contributed by atoms with Gasteiger partial charge < -0.3 is 9.67 Å². The van der Waals surface area contributed by atoms with Gasteiger partial charge in [0.05, 0.1) is 12.6 Å². The molecule has 1 aromatic carbocycles. The number of hydrogen-bond acceptors (Lipinski definition) is 4. The third-order valence-electron chi connectivity index (χ3n) is 5.97. The van der Waals surface area contributed by atoms with Gasteiger partial charge in [-0.15, -0.1) is 0 Å². The fourth-order valence-electron chi connectivity index (χ4n) is 4.24. The van der Waals surface area contributed by atoms with Crippen molar-refractivity contribution in [2.45, 2.75) is 52.7 Å². The van der Waals surface area contributed by atoms with Crippen molar-refractivity contribution < 1.29 is 5.11 Å². The smallest absolute Gasteiger partial charge is 0.160 e. The Hall–Kier alpha value is -2.50. The number of aromatic nitrogens is 3. The summed E-state index contributed by atoms with van der Waals surface area (Å²) in [4.78, 5) is 12.0. The second-order valence-corrected chi connectivity index (χ2v) is 8.40. The molecule has 0 amide bonds. The molecule has 0 unspecified atom stereocenters. The first-order valence-electron chi connectivity index (χ1n) is 11.0. The molecule has 5 nitrogen and oxygen atoms in total. The van der Waals surface area contributed by atoms with Gasteiger partial charge in [0.15, 0.2) is 5.65 Å². The molecule has 1 saturated heterocycles. The van der Waals surface area contributed by atoms with Gasteiger partial charge in [0.2, 0.25) is 0 Å². The van der Waals surface area contributed by atoms with Gasteiger partial charge in [-0.1, -0.05) is 43.3 Å². The van der Waals surface area contributed by atoms with Gasteiger partial charge in [-0.3, -0.25) is 4.90 Å². The van der Waals surface area contributed by atoms with Crippen LogP contribution in [0, 0.1) is 13.8 Å². The predicted octanol–water partition coefficient (Wildman–Crippen LogP) is 4.13. The molecular weight excluding hydrogens is 372 g/mol. The summed E-state index contributed by atoms with van der Waals surface area (Å²) >= 11 is 0. The molecule has 0 aliphatic carbocycles. The summed E-state index contributed by atoms with van der Waals surface area (Å²) in [5.41, 5.74) is 6.70. The minimum atomic E-state index is -0.110. The van der Waals surface area contributed by atoms with E-state index in [2.05, 4.69) is 65.8 Å². The van der Waals surface area contributed by atoms with Crippen LogP contribution >= 0.6 is 0 Å². The van der Waals surface area contributed by atoms with Crippen LogP contribution in [-0.2, 0) is 13.0 Å². The van der Waals surface area contributed by atoms with Crippen molar-refractivity contribution in [1.29, 1.82) is 0 Å². The number of pyridine rings is 1. The van der Waals surface area contributed by atoms with Crippen molar-refractivity contribution in [2.75, 3.05) is 19.6 Å². The number of imidazole rings is 1. The van der Waals surface area contributed by atoms with Gasteiger partial charge in [-0.25, -0.2) is 9.97 Å². The van der Waals surface area contributed by atoms with E-state index in [9.17, 15) is 5.11 Å². The van der Waals surface area contributed by atoms with E-state index in [1.54, 1.807) is 0 Å². The van der Waals surface area contributed by atoms with Gasteiger partial charge in [-0.05, 0) is 49.4 Å². The Labute approximate surface area is 179 Å². The zero-order valence-corrected chi connectivity index (χ0v) is 18.3. The fourth-order valence-corrected chi connectivity index (χ4v) is 4.24. The molecule has 3 heterocycles. The van der Waals surface area contributed by atoms with E-state index in [0.717, 1.165) is 68.1 Å². The third kappa shape index (κ3) is 4.63. The molecule has 3 aromatic rings. The van der Waals surface area contributed by atoms with Crippen molar-refractivity contribution in [3.63, 3.8) is 0 Å². The first-order chi connectivity index (χ1) is 14.5. The number of aliphatic hydroxyl groups excluding tert-OH is 1. The van der Waals surface area contributed by atoms with Crippen molar-refractivity contribution in [2.24, 2.45) is 0 Å². The van der Waals surface area contributed by atoms with Crippen LogP contribution < -0.4 is 0 Å². The van der Waals surface area contributed by atoms with Gasteiger partial charge >= 0.3 is 0 Å². The summed E-state index contributed by atoms with van der Waals surface area (Å²) in [5, 5.41) is 9.61. The lowest BCUT2D eigenvalue weighted by Crippen LogP contribution is -2.35. The summed E-state index contributed by atoms with van der Waals surface area (Å²) < 4.78 is 2.25. The van der Waals surface area contributed by atoms with Crippen LogP contribution in [-0.4, -0.2) is 50.3 Å². The van der Waals surface area contributed by atoms with Crippen LogP contribution in [0.1, 0.15) is 48.0 Å². The number of piperidine rings is 1. The largest absolute Gasteiger partial charge is 0.393 e. The molecule has 0 saturated carbocycles. The number of aliphatic hydroxyl groups is 1. The van der Waals surface area contributed by atoms with Crippen LogP contribution in [0.2, 0.25) is 0 Å². The van der Waals surface area contributed by atoms with E-state index in [0.29, 0.717) is 0 Å². The molecule has 0 bridgehead atoms. The molecule has 0 spiro atoms. The number of hydrogen-bond donors (Lipinski definition) is 1. The predicted molar refractivity (Wildman–Crippen MR) is 123 cm³/mol. The Balaban J connectivity index is 1.45. The van der Waals surface area contributed by atoms with Gasteiger partial charge in [0.1, 0.15) is 11.3 Å². The van der Waals surface area contributed by atoms with Crippen LogP contribution in [0.5, 0.6) is 0 Å². The van der Waals surface area contributed by atoms with E-state index < -0.39 is 0 Å². The second kappa shape index (κ2) is 9.11. The molecule has 0 atom stereocenters. The van der Waals surface area contributed by atoms with E-state index in [-0.39, 0.29) is 6.10 Å². The molecule has 1 aliphatic rings. The summed E-state index contributed by atoms with van der Waals surface area (Å²) in [5.74, 6) is 1.09. The molecule has 158 valence electrons. The first-order valence-corrected chi connectivity index (χ1v) is 11.0. The summed E-state index contributed by atoms with van der Waals surface area (Å²) in [6.07, 6.45) is 6.97. The summed E-state index contributed by atoms with van der Waals surface area (Å²) in [7, 11) is 0. The Bertz CT molecular complexity index is 1030. The highest BCUT2D eigenvalue weighted by Gasteiger charge is 2.15. The molecular formula is C25H32N4O. The average Bonchev–Trinajstić information content (AvgIpc) is 3.08. The maximum atomic E-state index is 9.61. The normalized spacial score (nSPS) is 16.1. The Morgan fingerprint density at radius 2 is 1.83 bits per heavy atom. The topological polar surface area (TPSA) is 54.2 Å². The number of likely N-dealkylation sites (tertiary alicyclic amines) is 1. The summed E-state index contributed by atoms with van der Waals surface area (Å²) in [6, 6.07) is 10.9. The molecule has 0 radical (unpaired) electrons. The maximum absolute atomic E-state index is 9.61. The number of rotatable bonds is 6. The highest BCUT2D eigenvalue weighted by Crippen LogP contribution is 2.21. The van der Waals surface area contributed by atoms with Crippen molar-refractivity contribution >= 4 is 17.2 Å². The van der Waals surface area contributed by atoms with Crippen LogP contribution in [0.15, 0.2) is 36.4 Å². The molecule has 1 fully saturated rings. The molecule has 1 N–H and O–H groups in total. The van der Waals surface area contributed by atoms with E-state index in [1.807, 2.05) is 6.92 Å². The second-order valence-electron chi connectivity index (χ2n) is 8.40. The number of fused-ring (bicyclic) bond motifs is 1.